The molecule has 5 heteroatoms. The minimum absolute atomic E-state index is 0.123. The zero-order chi connectivity index (χ0) is 18.3. The second-order valence-corrected chi connectivity index (χ2v) is 8.44. The van der Waals surface area contributed by atoms with Crippen molar-refractivity contribution in [3.05, 3.63) is 23.8 Å². The van der Waals surface area contributed by atoms with E-state index in [0.29, 0.717) is 18.4 Å². The molecule has 5 nitrogen and oxygen atoms in total. The first-order chi connectivity index (χ1) is 12.5. The molecule has 1 N–H and O–H groups in total. The van der Waals surface area contributed by atoms with Crippen molar-refractivity contribution in [2.45, 2.75) is 45.1 Å². The Morgan fingerprint density at radius 1 is 1.04 bits per heavy atom. The summed E-state index contributed by atoms with van der Waals surface area (Å²) in [4.78, 5) is 29.0. The van der Waals surface area contributed by atoms with Crippen LogP contribution in [0.15, 0.2) is 18.2 Å². The molecule has 3 aliphatic carbocycles. The summed E-state index contributed by atoms with van der Waals surface area (Å²) in [6.45, 7) is 1.51. The first kappa shape index (κ1) is 17.4. The smallest absolute Gasteiger partial charge is 0.227 e. The van der Waals surface area contributed by atoms with Gasteiger partial charge >= 0.3 is 0 Å². The Balaban J connectivity index is 1.54. The summed E-state index contributed by atoms with van der Waals surface area (Å²) in [5.74, 6) is 1.55. The first-order valence-electron chi connectivity index (χ1n) is 9.91. The number of hydrogen-bond acceptors (Lipinski definition) is 3. The van der Waals surface area contributed by atoms with E-state index in [1.165, 1.54) is 12.8 Å². The van der Waals surface area contributed by atoms with Gasteiger partial charge in [-0.25, -0.2) is 0 Å². The van der Waals surface area contributed by atoms with Gasteiger partial charge in [-0.2, -0.15) is 0 Å². The Morgan fingerprint density at radius 2 is 1.73 bits per heavy atom. The van der Waals surface area contributed by atoms with E-state index in [1.54, 1.807) is 0 Å². The van der Waals surface area contributed by atoms with Crippen LogP contribution in [0.5, 0.6) is 0 Å². The summed E-state index contributed by atoms with van der Waals surface area (Å²) in [5, 5.41) is 3.04. The Hall–Kier alpha value is -2.04. The summed E-state index contributed by atoms with van der Waals surface area (Å²) < 4.78 is 0. The van der Waals surface area contributed by atoms with Crippen LogP contribution in [0.25, 0.3) is 0 Å². The second kappa shape index (κ2) is 6.93. The highest BCUT2D eigenvalue weighted by atomic mass is 16.2. The maximum absolute atomic E-state index is 12.8. The van der Waals surface area contributed by atoms with Crippen LogP contribution in [-0.2, 0) is 16.1 Å². The van der Waals surface area contributed by atoms with Gasteiger partial charge in [0.05, 0.1) is 0 Å². The molecule has 0 spiro atoms. The molecular weight excluding hydrogens is 326 g/mol. The number of hydrogen-bond donors (Lipinski definition) is 1. The lowest BCUT2D eigenvalue weighted by Gasteiger charge is -2.26. The molecule has 3 aliphatic rings. The SMILES string of the molecule is CN(C)c1ccc(NC(=O)C2CC2)cc1CN(CC1CC1)C(=O)C1CC1. The Bertz CT molecular complexity index is 703. The lowest BCUT2D eigenvalue weighted by atomic mass is 10.1. The maximum atomic E-state index is 12.8. The predicted molar refractivity (Wildman–Crippen MR) is 103 cm³/mol. The number of nitrogens with zero attached hydrogens (tertiary/aromatic N) is 2. The highest BCUT2D eigenvalue weighted by Crippen LogP contribution is 2.36. The van der Waals surface area contributed by atoms with Gasteiger partial charge in [-0.1, -0.05) is 0 Å². The molecular formula is C21H29N3O2. The molecule has 0 saturated heterocycles. The van der Waals surface area contributed by atoms with Crippen LogP contribution in [0.1, 0.15) is 44.1 Å². The van der Waals surface area contributed by atoms with Gasteiger partial charge in [0.2, 0.25) is 11.8 Å². The molecule has 1 aromatic carbocycles. The minimum atomic E-state index is 0.123. The molecule has 0 radical (unpaired) electrons. The molecule has 0 aromatic heterocycles. The summed E-state index contributed by atoms with van der Waals surface area (Å²) in [6, 6.07) is 6.07. The van der Waals surface area contributed by atoms with Crippen molar-refractivity contribution in [2.75, 3.05) is 30.9 Å². The molecule has 0 atom stereocenters. The molecule has 0 heterocycles. The van der Waals surface area contributed by atoms with Gasteiger partial charge in [-0.05, 0) is 68.2 Å². The largest absolute Gasteiger partial charge is 0.377 e. The number of carbonyl (C=O) groups is 2. The first-order valence-corrected chi connectivity index (χ1v) is 9.91. The van der Waals surface area contributed by atoms with E-state index < -0.39 is 0 Å². The summed E-state index contributed by atoms with van der Waals surface area (Å²) in [7, 11) is 4.05. The van der Waals surface area contributed by atoms with Crippen LogP contribution in [0.2, 0.25) is 0 Å². The maximum Gasteiger partial charge on any atom is 0.227 e. The van der Waals surface area contributed by atoms with E-state index in [9.17, 15) is 9.59 Å². The Labute approximate surface area is 155 Å². The van der Waals surface area contributed by atoms with Crippen LogP contribution in [0.4, 0.5) is 11.4 Å². The fourth-order valence-electron chi connectivity index (χ4n) is 3.45. The number of amides is 2. The van der Waals surface area contributed by atoms with Crippen LogP contribution in [-0.4, -0.2) is 37.4 Å². The lowest BCUT2D eigenvalue weighted by molar-refractivity contribution is -0.133. The van der Waals surface area contributed by atoms with Crippen LogP contribution in [0.3, 0.4) is 0 Å². The normalized spacial score (nSPS) is 19.2. The van der Waals surface area contributed by atoms with Crippen molar-refractivity contribution in [3.8, 4) is 0 Å². The standard InChI is InChI=1S/C21H29N3O2/c1-23(2)19-10-9-18(22-20(25)15-5-6-15)11-17(19)13-24(12-14-3-4-14)21(26)16-7-8-16/h9-11,14-16H,3-8,12-13H2,1-2H3,(H,22,25). The number of nitrogens with one attached hydrogen (secondary N) is 1. The fraction of sp³-hybridized carbons (Fsp3) is 0.619. The summed E-state index contributed by atoms with van der Waals surface area (Å²) in [6.07, 6.45) is 6.56. The molecule has 0 aliphatic heterocycles. The third-order valence-corrected chi connectivity index (χ3v) is 5.55. The Kier molecular flexibility index (Phi) is 4.63. The molecule has 2 amide bonds. The molecule has 3 fully saturated rings. The average Bonchev–Trinajstić information content (AvgIpc) is 3.48. The number of anilines is 2. The topological polar surface area (TPSA) is 52.7 Å². The molecule has 140 valence electrons. The highest BCUT2D eigenvalue weighted by Gasteiger charge is 2.36. The van der Waals surface area contributed by atoms with Crippen LogP contribution < -0.4 is 10.2 Å². The number of carbonyl (C=O) groups excluding carboxylic acids is 2. The third kappa shape index (κ3) is 4.19. The van der Waals surface area contributed by atoms with Crippen molar-refractivity contribution in [2.24, 2.45) is 17.8 Å². The molecule has 1 aromatic rings. The van der Waals surface area contributed by atoms with Gasteiger partial charge < -0.3 is 15.1 Å². The van der Waals surface area contributed by atoms with Crippen molar-refractivity contribution in [1.82, 2.24) is 4.90 Å². The van der Waals surface area contributed by atoms with E-state index >= 15 is 0 Å². The molecule has 0 bridgehead atoms. The van der Waals surface area contributed by atoms with Gasteiger partial charge in [0.1, 0.15) is 0 Å². The fourth-order valence-corrected chi connectivity index (χ4v) is 3.45. The van der Waals surface area contributed by atoms with Gasteiger partial charge in [0.15, 0.2) is 0 Å². The van der Waals surface area contributed by atoms with E-state index in [1.807, 2.05) is 20.2 Å². The average molecular weight is 355 g/mol. The Morgan fingerprint density at radius 3 is 2.31 bits per heavy atom. The van der Waals surface area contributed by atoms with Crippen molar-refractivity contribution >= 4 is 23.2 Å². The van der Waals surface area contributed by atoms with E-state index in [-0.39, 0.29) is 17.7 Å². The number of rotatable bonds is 8. The molecule has 26 heavy (non-hydrogen) atoms. The summed E-state index contributed by atoms with van der Waals surface area (Å²) >= 11 is 0. The molecule has 0 unspecified atom stereocenters. The quantitative estimate of drug-likeness (QED) is 0.779. The number of benzene rings is 1. The van der Waals surface area contributed by atoms with Gasteiger partial charge in [0.25, 0.3) is 0 Å². The van der Waals surface area contributed by atoms with Crippen molar-refractivity contribution in [1.29, 1.82) is 0 Å². The van der Waals surface area contributed by atoms with E-state index in [2.05, 4.69) is 27.2 Å². The van der Waals surface area contributed by atoms with Crippen LogP contribution in [0, 0.1) is 17.8 Å². The van der Waals surface area contributed by atoms with Crippen LogP contribution >= 0.6 is 0 Å². The molecule has 4 rings (SSSR count). The predicted octanol–water partition coefficient (Wildman–Crippen LogP) is 3.25. The second-order valence-electron chi connectivity index (χ2n) is 8.44. The third-order valence-electron chi connectivity index (χ3n) is 5.55. The minimum Gasteiger partial charge on any atom is -0.377 e. The lowest BCUT2D eigenvalue weighted by Crippen LogP contribution is -2.34. The van der Waals surface area contributed by atoms with E-state index in [0.717, 1.165) is 49.2 Å². The highest BCUT2D eigenvalue weighted by molar-refractivity contribution is 5.94. The zero-order valence-corrected chi connectivity index (χ0v) is 15.8. The van der Waals surface area contributed by atoms with E-state index in [4.69, 9.17) is 0 Å². The monoisotopic (exact) mass is 355 g/mol. The van der Waals surface area contributed by atoms with Gasteiger partial charge in [0, 0.05) is 50.4 Å². The van der Waals surface area contributed by atoms with Gasteiger partial charge in [-0.15, -0.1) is 0 Å². The zero-order valence-electron chi connectivity index (χ0n) is 15.8. The molecule has 3 saturated carbocycles. The van der Waals surface area contributed by atoms with Gasteiger partial charge in [-0.3, -0.25) is 9.59 Å². The van der Waals surface area contributed by atoms with Crippen molar-refractivity contribution in [3.63, 3.8) is 0 Å². The summed E-state index contributed by atoms with van der Waals surface area (Å²) in [5.41, 5.74) is 3.06. The van der Waals surface area contributed by atoms with Crippen molar-refractivity contribution < 1.29 is 9.59 Å².